The first-order chi connectivity index (χ1) is 8.98. The monoisotopic (exact) mass is 280 g/mol. The first-order valence-corrected chi connectivity index (χ1v) is 7.71. The number of hydrogen-bond acceptors (Lipinski definition) is 1. The van der Waals surface area contributed by atoms with Crippen LogP contribution in [0.25, 0.3) is 0 Å². The fraction of sp³-hybridized carbons (Fsp3) is 0.824. The third-order valence-corrected chi connectivity index (χ3v) is 4.01. The highest BCUT2D eigenvalue weighted by Crippen LogP contribution is 2.38. The summed E-state index contributed by atoms with van der Waals surface area (Å²) in [5.74, 6) is 0. The summed E-state index contributed by atoms with van der Waals surface area (Å²) in [6.45, 7) is 18.0. The molecule has 1 aliphatic heterocycles. The normalized spacial score (nSPS) is 18.7. The molecule has 0 atom stereocenters. The molecular weight excluding hydrogens is 248 g/mol. The Morgan fingerprint density at radius 1 is 0.950 bits per heavy atom. The summed E-state index contributed by atoms with van der Waals surface area (Å²) in [6, 6.07) is 0.160. The van der Waals surface area contributed by atoms with Crippen LogP contribution in [0.3, 0.4) is 0 Å². The molecule has 0 fully saturated rings. The number of urea groups is 1. The van der Waals surface area contributed by atoms with Gasteiger partial charge in [0.25, 0.3) is 0 Å². The second-order valence-corrected chi connectivity index (χ2v) is 8.02. The van der Waals surface area contributed by atoms with Crippen molar-refractivity contribution in [2.45, 2.75) is 54.9 Å². The number of amides is 2. The second kappa shape index (κ2) is 5.79. The highest BCUT2D eigenvalue weighted by Gasteiger charge is 2.34. The van der Waals surface area contributed by atoms with Gasteiger partial charge < -0.3 is 9.80 Å². The van der Waals surface area contributed by atoms with Gasteiger partial charge in [-0.3, -0.25) is 0 Å². The number of nitrogens with zero attached hydrogens (tertiary/aromatic N) is 2. The number of carbonyl (C=O) groups is 1. The molecule has 0 bridgehead atoms. The minimum atomic E-state index is 0.0966. The maximum atomic E-state index is 12.5. The highest BCUT2D eigenvalue weighted by atomic mass is 16.2. The first kappa shape index (κ1) is 17.1. The molecule has 3 heteroatoms. The van der Waals surface area contributed by atoms with E-state index in [1.807, 2.05) is 16.8 Å². The Labute approximate surface area is 125 Å². The highest BCUT2D eigenvalue weighted by molar-refractivity contribution is 5.75. The van der Waals surface area contributed by atoms with E-state index in [9.17, 15) is 4.79 Å². The molecule has 0 radical (unpaired) electrons. The van der Waals surface area contributed by atoms with Crippen LogP contribution in [0.15, 0.2) is 11.1 Å². The Morgan fingerprint density at radius 2 is 1.40 bits per heavy atom. The van der Waals surface area contributed by atoms with E-state index in [4.69, 9.17) is 0 Å². The minimum absolute atomic E-state index is 0.0966. The van der Waals surface area contributed by atoms with Crippen LogP contribution < -0.4 is 0 Å². The molecule has 0 unspecified atom stereocenters. The van der Waals surface area contributed by atoms with Crippen molar-refractivity contribution in [1.29, 1.82) is 0 Å². The molecule has 1 aliphatic rings. The van der Waals surface area contributed by atoms with Crippen molar-refractivity contribution < 1.29 is 4.79 Å². The summed E-state index contributed by atoms with van der Waals surface area (Å²) in [5, 5.41) is 0. The summed E-state index contributed by atoms with van der Waals surface area (Å²) < 4.78 is 0. The van der Waals surface area contributed by atoms with E-state index >= 15 is 0 Å². The standard InChI is InChI=1S/C17H32N2O/c1-9-10-19-12-14(17(5,6)7)13(16(2,3)4)11-18(8)15(19)20/h9-12H2,1-8H3. The molecule has 0 saturated heterocycles. The predicted octanol–water partition coefficient (Wildman–Crippen LogP) is 4.15. The summed E-state index contributed by atoms with van der Waals surface area (Å²) in [5.41, 5.74) is 3.04. The van der Waals surface area contributed by atoms with Crippen LogP contribution in [-0.4, -0.2) is 42.5 Å². The minimum Gasteiger partial charge on any atom is -0.324 e. The molecule has 0 aliphatic carbocycles. The van der Waals surface area contributed by atoms with Crippen molar-refractivity contribution in [2.75, 3.05) is 26.7 Å². The molecule has 116 valence electrons. The average Bonchev–Trinajstić information content (AvgIpc) is 2.39. The molecule has 0 aromatic rings. The van der Waals surface area contributed by atoms with Gasteiger partial charge in [-0.1, -0.05) is 48.5 Å². The lowest BCUT2D eigenvalue weighted by Crippen LogP contribution is -2.41. The Hall–Kier alpha value is -0.990. The Morgan fingerprint density at radius 3 is 1.80 bits per heavy atom. The summed E-state index contributed by atoms with van der Waals surface area (Å²) >= 11 is 0. The van der Waals surface area contributed by atoms with E-state index in [-0.39, 0.29) is 16.9 Å². The molecule has 20 heavy (non-hydrogen) atoms. The Balaban J connectivity index is 3.33. The van der Waals surface area contributed by atoms with E-state index in [1.165, 1.54) is 11.1 Å². The zero-order chi connectivity index (χ0) is 15.7. The summed E-state index contributed by atoms with van der Waals surface area (Å²) in [4.78, 5) is 16.4. The van der Waals surface area contributed by atoms with E-state index in [1.54, 1.807) is 0 Å². The summed E-state index contributed by atoms with van der Waals surface area (Å²) in [6.07, 6.45) is 1.00. The molecule has 0 aromatic heterocycles. The second-order valence-electron chi connectivity index (χ2n) is 8.02. The number of likely N-dealkylation sites (N-methyl/N-ethyl adjacent to an activating group) is 1. The molecular formula is C17H32N2O. The molecule has 3 nitrogen and oxygen atoms in total. The smallest absolute Gasteiger partial charge is 0.320 e. The van der Waals surface area contributed by atoms with Crippen LogP contribution in [0.5, 0.6) is 0 Å². The molecule has 1 rings (SSSR count). The molecule has 1 heterocycles. The number of hydrogen-bond donors (Lipinski definition) is 0. The van der Waals surface area contributed by atoms with Gasteiger partial charge in [0, 0.05) is 26.7 Å². The average molecular weight is 280 g/mol. The van der Waals surface area contributed by atoms with E-state index < -0.39 is 0 Å². The molecule has 2 amide bonds. The van der Waals surface area contributed by atoms with Crippen molar-refractivity contribution >= 4 is 6.03 Å². The molecule has 0 saturated carbocycles. The largest absolute Gasteiger partial charge is 0.324 e. The van der Waals surface area contributed by atoms with Gasteiger partial charge in [-0.15, -0.1) is 0 Å². The lowest BCUT2D eigenvalue weighted by molar-refractivity contribution is 0.171. The molecule has 0 N–H and O–H groups in total. The van der Waals surface area contributed by atoms with Gasteiger partial charge in [-0.2, -0.15) is 0 Å². The van der Waals surface area contributed by atoms with Crippen LogP contribution in [0.1, 0.15) is 54.9 Å². The maximum absolute atomic E-state index is 12.5. The van der Waals surface area contributed by atoms with E-state index in [0.717, 1.165) is 26.1 Å². The number of rotatable bonds is 2. The number of carbonyl (C=O) groups excluding carboxylic acids is 1. The van der Waals surface area contributed by atoms with Gasteiger partial charge in [-0.25, -0.2) is 4.79 Å². The van der Waals surface area contributed by atoms with Crippen molar-refractivity contribution in [1.82, 2.24) is 9.80 Å². The molecule has 0 spiro atoms. The maximum Gasteiger partial charge on any atom is 0.320 e. The Kier molecular flexibility index (Phi) is 4.94. The SMILES string of the molecule is CCCN1CC(C(C)(C)C)=C(C(C)(C)C)CN(C)C1=O. The van der Waals surface area contributed by atoms with Gasteiger partial charge in [0.15, 0.2) is 0 Å². The van der Waals surface area contributed by atoms with Crippen molar-refractivity contribution in [3.05, 3.63) is 11.1 Å². The topological polar surface area (TPSA) is 23.6 Å². The van der Waals surface area contributed by atoms with Crippen LogP contribution >= 0.6 is 0 Å². The van der Waals surface area contributed by atoms with Crippen LogP contribution in [-0.2, 0) is 0 Å². The lowest BCUT2D eigenvalue weighted by Gasteiger charge is -2.33. The third kappa shape index (κ3) is 3.77. The van der Waals surface area contributed by atoms with Crippen molar-refractivity contribution in [2.24, 2.45) is 10.8 Å². The predicted molar refractivity (Wildman–Crippen MR) is 85.8 cm³/mol. The fourth-order valence-corrected chi connectivity index (χ4v) is 2.82. The first-order valence-electron chi connectivity index (χ1n) is 7.71. The van der Waals surface area contributed by atoms with Gasteiger partial charge in [0.1, 0.15) is 0 Å². The van der Waals surface area contributed by atoms with Crippen molar-refractivity contribution in [3.8, 4) is 0 Å². The van der Waals surface area contributed by atoms with Gasteiger partial charge >= 0.3 is 6.03 Å². The lowest BCUT2D eigenvalue weighted by atomic mass is 9.75. The van der Waals surface area contributed by atoms with E-state index in [2.05, 4.69) is 48.5 Å². The Bertz CT molecular complexity index is 396. The molecule has 0 aromatic carbocycles. The summed E-state index contributed by atoms with van der Waals surface area (Å²) in [7, 11) is 1.92. The zero-order valence-electron chi connectivity index (χ0n) is 14.6. The van der Waals surface area contributed by atoms with Gasteiger partial charge in [0.2, 0.25) is 0 Å². The van der Waals surface area contributed by atoms with Crippen molar-refractivity contribution in [3.63, 3.8) is 0 Å². The third-order valence-electron chi connectivity index (χ3n) is 4.01. The van der Waals surface area contributed by atoms with Crippen LogP contribution in [0.4, 0.5) is 4.79 Å². The quantitative estimate of drug-likeness (QED) is 0.697. The van der Waals surface area contributed by atoms with Gasteiger partial charge in [0.05, 0.1) is 0 Å². The van der Waals surface area contributed by atoms with Crippen LogP contribution in [0, 0.1) is 10.8 Å². The van der Waals surface area contributed by atoms with Gasteiger partial charge in [-0.05, 0) is 28.4 Å². The van der Waals surface area contributed by atoms with Crippen LogP contribution in [0.2, 0.25) is 0 Å². The fourth-order valence-electron chi connectivity index (χ4n) is 2.82. The zero-order valence-corrected chi connectivity index (χ0v) is 14.6. The van der Waals surface area contributed by atoms with E-state index in [0.29, 0.717) is 0 Å².